The first-order chi connectivity index (χ1) is 9.69. The van der Waals surface area contributed by atoms with Crippen molar-refractivity contribution in [1.29, 1.82) is 0 Å². The van der Waals surface area contributed by atoms with Crippen LogP contribution in [0.15, 0.2) is 0 Å². The SMILES string of the molecule is CCCNC(CC(C)COC)C1CCOC2(CCC2)C1. The van der Waals surface area contributed by atoms with Crippen molar-refractivity contribution in [1.82, 2.24) is 5.32 Å². The standard InChI is InChI=1S/C17H33NO2/c1-4-9-18-16(11-14(2)13-19-3)15-6-10-20-17(12-15)7-5-8-17/h14-16,18H,4-13H2,1-3H3. The lowest BCUT2D eigenvalue weighted by Gasteiger charge is -2.49. The number of hydrogen-bond acceptors (Lipinski definition) is 3. The first-order valence-electron chi connectivity index (χ1n) is 8.55. The van der Waals surface area contributed by atoms with E-state index in [1.165, 1.54) is 44.9 Å². The van der Waals surface area contributed by atoms with Crippen LogP contribution in [0.1, 0.15) is 58.8 Å². The fraction of sp³-hybridized carbons (Fsp3) is 1.00. The van der Waals surface area contributed by atoms with Gasteiger partial charge in [0, 0.05) is 26.4 Å². The molecule has 3 nitrogen and oxygen atoms in total. The summed E-state index contributed by atoms with van der Waals surface area (Å²) in [6, 6.07) is 0.640. The molecule has 0 aromatic heterocycles. The third-order valence-corrected chi connectivity index (χ3v) is 5.13. The third kappa shape index (κ3) is 4.19. The van der Waals surface area contributed by atoms with Crippen molar-refractivity contribution in [3.05, 3.63) is 0 Å². The molecule has 2 rings (SSSR count). The van der Waals surface area contributed by atoms with Gasteiger partial charge in [0.15, 0.2) is 0 Å². The van der Waals surface area contributed by atoms with Crippen LogP contribution in [0.2, 0.25) is 0 Å². The van der Waals surface area contributed by atoms with Crippen molar-refractivity contribution >= 4 is 0 Å². The van der Waals surface area contributed by atoms with Crippen molar-refractivity contribution in [3.8, 4) is 0 Å². The van der Waals surface area contributed by atoms with Crippen LogP contribution in [0, 0.1) is 11.8 Å². The molecule has 1 aliphatic carbocycles. The maximum absolute atomic E-state index is 6.09. The highest BCUT2D eigenvalue weighted by Crippen LogP contribution is 2.45. The highest BCUT2D eigenvalue weighted by molar-refractivity contribution is 4.96. The largest absolute Gasteiger partial charge is 0.384 e. The molecule has 0 aromatic carbocycles. The van der Waals surface area contributed by atoms with Gasteiger partial charge < -0.3 is 14.8 Å². The zero-order valence-corrected chi connectivity index (χ0v) is 13.6. The number of nitrogens with one attached hydrogen (secondary N) is 1. The van der Waals surface area contributed by atoms with Gasteiger partial charge in [0.25, 0.3) is 0 Å². The van der Waals surface area contributed by atoms with Gasteiger partial charge in [-0.15, -0.1) is 0 Å². The Balaban J connectivity index is 1.90. The van der Waals surface area contributed by atoms with E-state index >= 15 is 0 Å². The molecule has 2 fully saturated rings. The fourth-order valence-electron chi connectivity index (χ4n) is 3.89. The van der Waals surface area contributed by atoms with Gasteiger partial charge in [0.2, 0.25) is 0 Å². The fourth-order valence-corrected chi connectivity index (χ4v) is 3.89. The van der Waals surface area contributed by atoms with Gasteiger partial charge in [-0.25, -0.2) is 0 Å². The molecule has 1 saturated heterocycles. The summed E-state index contributed by atoms with van der Waals surface area (Å²) in [5.41, 5.74) is 0.263. The Hall–Kier alpha value is -0.120. The average molecular weight is 283 g/mol. The third-order valence-electron chi connectivity index (χ3n) is 5.13. The quantitative estimate of drug-likeness (QED) is 0.741. The van der Waals surface area contributed by atoms with E-state index < -0.39 is 0 Å². The summed E-state index contributed by atoms with van der Waals surface area (Å²) in [4.78, 5) is 0. The van der Waals surface area contributed by atoms with Crippen LogP contribution >= 0.6 is 0 Å². The Kier molecular flexibility index (Phi) is 6.31. The Morgan fingerprint density at radius 1 is 1.40 bits per heavy atom. The molecule has 0 amide bonds. The zero-order valence-electron chi connectivity index (χ0n) is 13.6. The second-order valence-corrected chi connectivity index (χ2v) is 6.99. The van der Waals surface area contributed by atoms with Crippen LogP contribution in [0.3, 0.4) is 0 Å². The molecule has 1 heterocycles. The summed E-state index contributed by atoms with van der Waals surface area (Å²) >= 11 is 0. The molecule has 3 unspecified atom stereocenters. The number of rotatable bonds is 8. The number of ether oxygens (including phenoxy) is 2. The highest BCUT2D eigenvalue weighted by atomic mass is 16.5. The molecule has 1 N–H and O–H groups in total. The summed E-state index contributed by atoms with van der Waals surface area (Å²) in [5.74, 6) is 1.42. The summed E-state index contributed by atoms with van der Waals surface area (Å²) in [6.45, 7) is 7.53. The smallest absolute Gasteiger partial charge is 0.0685 e. The minimum absolute atomic E-state index is 0.263. The molecule has 0 aromatic rings. The van der Waals surface area contributed by atoms with E-state index in [9.17, 15) is 0 Å². The van der Waals surface area contributed by atoms with E-state index in [1.54, 1.807) is 0 Å². The van der Waals surface area contributed by atoms with Gasteiger partial charge in [-0.1, -0.05) is 13.8 Å². The molecular weight excluding hydrogens is 250 g/mol. The van der Waals surface area contributed by atoms with Crippen molar-refractivity contribution in [2.75, 3.05) is 26.9 Å². The van der Waals surface area contributed by atoms with Crippen LogP contribution < -0.4 is 5.32 Å². The molecule has 1 saturated carbocycles. The summed E-state index contributed by atoms with van der Waals surface area (Å²) < 4.78 is 11.4. The topological polar surface area (TPSA) is 30.5 Å². The number of hydrogen-bond donors (Lipinski definition) is 1. The van der Waals surface area contributed by atoms with Crippen molar-refractivity contribution in [2.24, 2.45) is 11.8 Å². The molecule has 118 valence electrons. The second-order valence-electron chi connectivity index (χ2n) is 6.99. The van der Waals surface area contributed by atoms with Crippen LogP contribution in [0.4, 0.5) is 0 Å². The summed E-state index contributed by atoms with van der Waals surface area (Å²) in [7, 11) is 1.81. The highest BCUT2D eigenvalue weighted by Gasteiger charge is 2.44. The van der Waals surface area contributed by atoms with Gasteiger partial charge in [-0.3, -0.25) is 0 Å². The van der Waals surface area contributed by atoms with E-state index in [0.717, 1.165) is 25.7 Å². The van der Waals surface area contributed by atoms with Crippen LogP contribution in [0.5, 0.6) is 0 Å². The van der Waals surface area contributed by atoms with Gasteiger partial charge in [-0.05, 0) is 63.3 Å². The van der Waals surface area contributed by atoms with Crippen LogP contribution in [-0.4, -0.2) is 38.5 Å². The molecular formula is C17H33NO2. The molecule has 3 heteroatoms. The lowest BCUT2D eigenvalue weighted by molar-refractivity contribution is -0.147. The van der Waals surface area contributed by atoms with Crippen LogP contribution in [0.25, 0.3) is 0 Å². The summed E-state index contributed by atoms with van der Waals surface area (Å²) in [6.07, 6.45) is 8.88. The monoisotopic (exact) mass is 283 g/mol. The maximum Gasteiger partial charge on any atom is 0.0685 e. The lowest BCUT2D eigenvalue weighted by Crippen LogP contribution is -2.50. The first kappa shape index (κ1) is 16.3. The summed E-state index contributed by atoms with van der Waals surface area (Å²) in [5, 5.41) is 3.80. The molecule has 20 heavy (non-hydrogen) atoms. The second kappa shape index (κ2) is 7.77. The Morgan fingerprint density at radius 2 is 2.20 bits per heavy atom. The normalized spacial score (nSPS) is 28.1. The van der Waals surface area contributed by atoms with Gasteiger partial charge in [0.1, 0.15) is 0 Å². The predicted octanol–water partition coefficient (Wildman–Crippen LogP) is 3.38. The van der Waals surface area contributed by atoms with Gasteiger partial charge in [-0.2, -0.15) is 0 Å². The maximum atomic E-state index is 6.09. The van der Waals surface area contributed by atoms with Crippen molar-refractivity contribution in [3.63, 3.8) is 0 Å². The first-order valence-corrected chi connectivity index (χ1v) is 8.55. The molecule has 1 spiro atoms. The van der Waals surface area contributed by atoms with E-state index in [4.69, 9.17) is 9.47 Å². The lowest BCUT2D eigenvalue weighted by atomic mass is 9.69. The Morgan fingerprint density at radius 3 is 2.80 bits per heavy atom. The molecule has 2 aliphatic rings. The Bertz CT molecular complexity index is 278. The molecule has 0 radical (unpaired) electrons. The Labute approximate surface area is 124 Å². The van der Waals surface area contributed by atoms with Crippen LogP contribution in [-0.2, 0) is 9.47 Å². The zero-order chi connectivity index (χ0) is 14.4. The predicted molar refractivity (Wildman–Crippen MR) is 83.0 cm³/mol. The van der Waals surface area contributed by atoms with Crippen molar-refractivity contribution in [2.45, 2.75) is 70.4 Å². The average Bonchev–Trinajstić information content (AvgIpc) is 2.42. The van der Waals surface area contributed by atoms with Crippen molar-refractivity contribution < 1.29 is 9.47 Å². The minimum Gasteiger partial charge on any atom is -0.384 e. The van der Waals surface area contributed by atoms with Gasteiger partial charge >= 0.3 is 0 Å². The molecule has 3 atom stereocenters. The molecule has 1 aliphatic heterocycles. The van der Waals surface area contributed by atoms with E-state index in [1.807, 2.05) is 7.11 Å². The minimum atomic E-state index is 0.263. The number of methoxy groups -OCH3 is 1. The molecule has 0 bridgehead atoms. The van der Waals surface area contributed by atoms with E-state index in [0.29, 0.717) is 12.0 Å². The van der Waals surface area contributed by atoms with E-state index in [2.05, 4.69) is 19.2 Å². The van der Waals surface area contributed by atoms with E-state index in [-0.39, 0.29) is 5.60 Å². The van der Waals surface area contributed by atoms with Gasteiger partial charge in [0.05, 0.1) is 5.60 Å².